The summed E-state index contributed by atoms with van der Waals surface area (Å²) in [6.07, 6.45) is 1.79. The average molecular weight is 278 g/mol. The molecule has 3 aromatic rings. The van der Waals surface area contributed by atoms with E-state index in [1.54, 1.807) is 6.20 Å². The lowest BCUT2D eigenvalue weighted by atomic mass is 10.3. The van der Waals surface area contributed by atoms with Crippen molar-refractivity contribution >= 4 is 28.2 Å². The number of aromatic nitrogens is 2. The van der Waals surface area contributed by atoms with Crippen LogP contribution in [0.2, 0.25) is 0 Å². The van der Waals surface area contributed by atoms with Crippen LogP contribution in [-0.2, 0) is 4.79 Å². The zero-order valence-electron chi connectivity index (χ0n) is 11.5. The molecular weight excluding hydrogens is 264 g/mol. The minimum Gasteiger partial charge on any atom is -0.291 e. The first-order chi connectivity index (χ1) is 10.2. The number of rotatable bonds is 3. The topological polar surface area (TPSA) is 59.3 Å². The van der Waals surface area contributed by atoms with Crippen molar-refractivity contribution in [3.05, 3.63) is 60.8 Å². The van der Waals surface area contributed by atoms with Gasteiger partial charge in [0.25, 0.3) is 0 Å². The number of ketones is 1. The maximum Gasteiger partial charge on any atom is 0.216 e. The number of hydrazone groups is 1. The summed E-state index contributed by atoms with van der Waals surface area (Å²) in [5, 5.41) is 9.51. The number of hydrogen-bond donors (Lipinski definition) is 1. The number of benzene rings is 2. The molecule has 1 aromatic heterocycles. The van der Waals surface area contributed by atoms with E-state index in [1.807, 2.05) is 54.6 Å². The second-order valence-corrected chi connectivity index (χ2v) is 4.60. The van der Waals surface area contributed by atoms with E-state index < -0.39 is 0 Å². The SMILES string of the molecule is CC(=O)/C(=N/Nc1ccccc1)n1cc2ccccc2n1. The molecule has 5 heteroatoms. The van der Waals surface area contributed by atoms with Crippen LogP contribution in [0.1, 0.15) is 6.92 Å². The van der Waals surface area contributed by atoms with Crippen molar-refractivity contribution in [3.63, 3.8) is 0 Å². The van der Waals surface area contributed by atoms with Gasteiger partial charge in [-0.1, -0.05) is 36.4 Å². The minimum absolute atomic E-state index is 0.161. The second kappa shape index (κ2) is 5.58. The van der Waals surface area contributed by atoms with Crippen LogP contribution in [0, 0.1) is 0 Å². The number of Topliss-reactive ketones (excluding diaryl/α,β-unsaturated/α-hetero) is 1. The zero-order valence-corrected chi connectivity index (χ0v) is 11.5. The van der Waals surface area contributed by atoms with Crippen molar-refractivity contribution in [2.24, 2.45) is 5.10 Å². The van der Waals surface area contributed by atoms with Crippen molar-refractivity contribution in [2.45, 2.75) is 6.92 Å². The smallest absolute Gasteiger partial charge is 0.216 e. The first-order valence-corrected chi connectivity index (χ1v) is 6.58. The largest absolute Gasteiger partial charge is 0.291 e. The number of carbonyl (C=O) groups excluding carboxylic acids is 1. The fraction of sp³-hybridized carbons (Fsp3) is 0.0625. The van der Waals surface area contributed by atoms with E-state index in [-0.39, 0.29) is 11.6 Å². The molecule has 0 aliphatic rings. The number of nitrogens with one attached hydrogen (secondary N) is 1. The van der Waals surface area contributed by atoms with Crippen LogP contribution in [0.5, 0.6) is 0 Å². The quantitative estimate of drug-likeness (QED) is 0.455. The highest BCUT2D eigenvalue weighted by atomic mass is 16.1. The number of para-hydroxylation sites is 1. The standard InChI is InChI=1S/C16H14N4O/c1-12(21)16(18-17-14-8-3-2-4-9-14)20-11-13-7-5-6-10-15(13)19-20/h2-11,17H,1H3/b18-16-. The van der Waals surface area contributed by atoms with Crippen LogP contribution in [0.25, 0.3) is 10.9 Å². The molecule has 5 nitrogen and oxygen atoms in total. The monoisotopic (exact) mass is 278 g/mol. The van der Waals surface area contributed by atoms with Crippen molar-refractivity contribution in [1.29, 1.82) is 0 Å². The summed E-state index contributed by atoms with van der Waals surface area (Å²) in [6, 6.07) is 17.1. The fourth-order valence-corrected chi connectivity index (χ4v) is 1.99. The zero-order chi connectivity index (χ0) is 14.7. The molecule has 0 atom stereocenters. The third kappa shape index (κ3) is 2.81. The summed E-state index contributed by atoms with van der Waals surface area (Å²) in [4.78, 5) is 11.8. The Bertz CT molecular complexity index is 772. The number of hydrogen-bond acceptors (Lipinski definition) is 4. The van der Waals surface area contributed by atoms with Gasteiger partial charge >= 0.3 is 0 Å². The van der Waals surface area contributed by atoms with E-state index in [9.17, 15) is 4.79 Å². The average Bonchev–Trinajstić information content (AvgIpc) is 2.91. The predicted molar refractivity (Wildman–Crippen MR) is 83.3 cm³/mol. The molecule has 3 rings (SSSR count). The maximum atomic E-state index is 11.8. The molecule has 0 amide bonds. The van der Waals surface area contributed by atoms with Gasteiger partial charge in [-0.05, 0) is 18.2 Å². The number of fused-ring (bicyclic) bond motifs is 1. The van der Waals surface area contributed by atoms with E-state index in [0.717, 1.165) is 16.6 Å². The van der Waals surface area contributed by atoms with Crippen LogP contribution < -0.4 is 5.43 Å². The van der Waals surface area contributed by atoms with Crippen LogP contribution in [0.15, 0.2) is 65.9 Å². The van der Waals surface area contributed by atoms with Gasteiger partial charge in [-0.25, -0.2) is 4.68 Å². The number of carbonyl (C=O) groups is 1. The van der Waals surface area contributed by atoms with Crippen LogP contribution in [0.3, 0.4) is 0 Å². The van der Waals surface area contributed by atoms with Crippen molar-refractivity contribution in [3.8, 4) is 0 Å². The van der Waals surface area contributed by atoms with Gasteiger partial charge < -0.3 is 0 Å². The van der Waals surface area contributed by atoms with Gasteiger partial charge in [-0.2, -0.15) is 10.2 Å². The maximum absolute atomic E-state index is 11.8. The molecular formula is C16H14N4O. The van der Waals surface area contributed by atoms with Crippen LogP contribution >= 0.6 is 0 Å². The molecule has 0 aliphatic heterocycles. The Morgan fingerprint density at radius 1 is 1.10 bits per heavy atom. The van der Waals surface area contributed by atoms with E-state index >= 15 is 0 Å². The molecule has 0 unspecified atom stereocenters. The molecule has 0 radical (unpaired) electrons. The Kier molecular flexibility index (Phi) is 3.47. The van der Waals surface area contributed by atoms with Crippen molar-refractivity contribution in [2.75, 3.05) is 5.43 Å². The van der Waals surface area contributed by atoms with Gasteiger partial charge in [0.2, 0.25) is 5.84 Å². The molecule has 1 N–H and O–H groups in total. The summed E-state index contributed by atoms with van der Waals surface area (Å²) >= 11 is 0. The number of nitrogens with zero attached hydrogens (tertiary/aromatic N) is 3. The van der Waals surface area contributed by atoms with Gasteiger partial charge in [0.15, 0.2) is 5.78 Å². The second-order valence-electron chi connectivity index (χ2n) is 4.60. The first kappa shape index (κ1) is 13.1. The Morgan fingerprint density at radius 3 is 2.52 bits per heavy atom. The first-order valence-electron chi connectivity index (χ1n) is 6.58. The van der Waals surface area contributed by atoms with E-state index in [0.29, 0.717) is 0 Å². The fourth-order valence-electron chi connectivity index (χ4n) is 1.99. The summed E-state index contributed by atoms with van der Waals surface area (Å²) in [7, 11) is 0. The molecule has 104 valence electrons. The highest BCUT2D eigenvalue weighted by Gasteiger charge is 2.11. The van der Waals surface area contributed by atoms with Crippen molar-refractivity contribution < 1.29 is 4.79 Å². The third-order valence-corrected chi connectivity index (χ3v) is 3.01. The molecule has 0 fully saturated rings. The number of anilines is 1. The molecule has 0 spiro atoms. The summed E-state index contributed by atoms with van der Waals surface area (Å²) in [5.41, 5.74) is 4.51. The highest BCUT2D eigenvalue weighted by molar-refractivity contribution is 6.38. The molecule has 0 saturated heterocycles. The summed E-state index contributed by atoms with van der Waals surface area (Å²) in [6.45, 7) is 1.47. The van der Waals surface area contributed by atoms with Gasteiger partial charge in [0.05, 0.1) is 11.2 Å². The third-order valence-electron chi connectivity index (χ3n) is 3.01. The molecule has 1 heterocycles. The van der Waals surface area contributed by atoms with E-state index in [1.165, 1.54) is 11.6 Å². The van der Waals surface area contributed by atoms with Crippen LogP contribution in [-0.4, -0.2) is 21.4 Å². The lowest BCUT2D eigenvalue weighted by molar-refractivity contribution is -0.111. The molecule has 0 aliphatic carbocycles. The van der Waals surface area contributed by atoms with Crippen LogP contribution in [0.4, 0.5) is 5.69 Å². The molecule has 21 heavy (non-hydrogen) atoms. The molecule has 0 saturated carbocycles. The lowest BCUT2D eigenvalue weighted by Gasteiger charge is -2.04. The molecule has 0 bridgehead atoms. The van der Waals surface area contributed by atoms with Gasteiger partial charge in [-0.3, -0.25) is 10.2 Å². The molecule has 2 aromatic carbocycles. The minimum atomic E-state index is -0.161. The predicted octanol–water partition coefficient (Wildman–Crippen LogP) is 2.90. The Labute approximate surface area is 121 Å². The van der Waals surface area contributed by atoms with E-state index in [4.69, 9.17) is 0 Å². The lowest BCUT2D eigenvalue weighted by Crippen LogP contribution is -2.22. The van der Waals surface area contributed by atoms with Gasteiger partial charge in [0.1, 0.15) is 0 Å². The normalized spacial score (nSPS) is 11.6. The van der Waals surface area contributed by atoms with E-state index in [2.05, 4.69) is 15.6 Å². The summed E-state index contributed by atoms with van der Waals surface area (Å²) in [5.74, 6) is 0.0845. The van der Waals surface area contributed by atoms with Gasteiger partial charge in [-0.15, -0.1) is 0 Å². The Balaban J connectivity index is 1.96. The van der Waals surface area contributed by atoms with Crippen molar-refractivity contribution in [1.82, 2.24) is 9.78 Å². The Hall–Kier alpha value is -2.95. The van der Waals surface area contributed by atoms with Gasteiger partial charge in [0, 0.05) is 18.5 Å². The highest BCUT2D eigenvalue weighted by Crippen LogP contribution is 2.11. The summed E-state index contributed by atoms with van der Waals surface area (Å²) < 4.78 is 1.50. The Morgan fingerprint density at radius 2 is 1.81 bits per heavy atom.